The van der Waals surface area contributed by atoms with Crippen LogP contribution in [0.25, 0.3) is 0 Å². The van der Waals surface area contributed by atoms with E-state index in [1.165, 1.54) is 11.4 Å². The van der Waals surface area contributed by atoms with Crippen LogP contribution in [0.2, 0.25) is 0 Å². The summed E-state index contributed by atoms with van der Waals surface area (Å²) >= 11 is 0. The van der Waals surface area contributed by atoms with Crippen molar-refractivity contribution in [3.05, 3.63) is 0 Å². The monoisotopic (exact) mass is 322 g/mol. The van der Waals surface area contributed by atoms with Gasteiger partial charge in [-0.25, -0.2) is 0 Å². The molecule has 1 aliphatic rings. The van der Waals surface area contributed by atoms with Crippen molar-refractivity contribution in [3.63, 3.8) is 0 Å². The fourth-order valence-corrected chi connectivity index (χ4v) is 3.69. The summed E-state index contributed by atoms with van der Waals surface area (Å²) in [5.74, 6) is -2.33. The Morgan fingerprint density at radius 3 is 2.19 bits per heavy atom. The molecule has 1 rings (SSSR count). The highest BCUT2D eigenvalue weighted by Crippen LogP contribution is 2.20. The second kappa shape index (κ2) is 7.19. The van der Waals surface area contributed by atoms with E-state index in [0.29, 0.717) is 0 Å². The maximum Gasteiger partial charge on any atom is 0.324 e. The zero-order valence-corrected chi connectivity index (χ0v) is 13.2. The molecule has 0 spiro atoms. The number of rotatable bonds is 6. The summed E-state index contributed by atoms with van der Waals surface area (Å²) in [6.45, 7) is 3.66. The van der Waals surface area contributed by atoms with Gasteiger partial charge in [-0.2, -0.15) is 17.4 Å². The van der Waals surface area contributed by atoms with Crippen LogP contribution in [-0.2, 0) is 24.5 Å². The highest BCUT2D eigenvalue weighted by Gasteiger charge is 2.35. The molecule has 0 saturated carbocycles. The maximum absolute atomic E-state index is 12.3. The van der Waals surface area contributed by atoms with Crippen LogP contribution in [0.1, 0.15) is 26.7 Å². The Labute approximate surface area is 124 Å². The molecule has 0 aromatic rings. The molecule has 1 heterocycles. The van der Waals surface area contributed by atoms with Crippen LogP contribution >= 0.6 is 0 Å². The van der Waals surface area contributed by atoms with Crippen molar-refractivity contribution in [2.24, 2.45) is 11.8 Å². The van der Waals surface area contributed by atoms with E-state index in [-0.39, 0.29) is 31.8 Å². The third-order valence-corrected chi connectivity index (χ3v) is 5.14. The number of piperidine rings is 1. The normalized spacial score (nSPS) is 19.4. The van der Waals surface area contributed by atoms with Gasteiger partial charge in [0.2, 0.25) is 0 Å². The first-order chi connectivity index (χ1) is 9.69. The van der Waals surface area contributed by atoms with Crippen LogP contribution in [0.4, 0.5) is 0 Å². The van der Waals surface area contributed by atoms with E-state index in [2.05, 4.69) is 9.46 Å². The van der Waals surface area contributed by atoms with Crippen LogP contribution in [0.5, 0.6) is 0 Å². The number of hydrogen-bond donors (Lipinski definition) is 2. The number of aliphatic carboxylic acids is 1. The fourth-order valence-electron chi connectivity index (χ4n) is 2.16. The quantitative estimate of drug-likeness (QED) is 0.656. The number of carboxylic acid groups (broad SMARTS) is 1. The Kier molecular flexibility index (Phi) is 6.11. The van der Waals surface area contributed by atoms with E-state index >= 15 is 0 Å². The van der Waals surface area contributed by atoms with Crippen molar-refractivity contribution in [1.29, 1.82) is 0 Å². The third-order valence-electron chi connectivity index (χ3n) is 3.54. The lowest BCUT2D eigenvalue weighted by atomic mass is 9.99. The molecule has 9 heteroatoms. The molecule has 1 saturated heterocycles. The minimum atomic E-state index is -3.84. The van der Waals surface area contributed by atoms with Gasteiger partial charge in [0, 0.05) is 13.1 Å². The molecule has 1 fully saturated rings. The largest absolute Gasteiger partial charge is 0.481 e. The maximum atomic E-state index is 12.3. The van der Waals surface area contributed by atoms with Gasteiger partial charge in [-0.1, -0.05) is 13.8 Å². The topological polar surface area (TPSA) is 113 Å². The Morgan fingerprint density at radius 1 is 1.29 bits per heavy atom. The van der Waals surface area contributed by atoms with Gasteiger partial charge in [0.05, 0.1) is 13.0 Å². The second-order valence-electron chi connectivity index (χ2n) is 5.38. The van der Waals surface area contributed by atoms with Gasteiger partial charge in [-0.05, 0) is 18.8 Å². The predicted octanol–water partition coefficient (Wildman–Crippen LogP) is -0.185. The van der Waals surface area contributed by atoms with Crippen molar-refractivity contribution in [1.82, 2.24) is 9.03 Å². The molecule has 122 valence electrons. The molecule has 0 bridgehead atoms. The number of carbonyl (C=O) groups is 2. The van der Waals surface area contributed by atoms with E-state index < -0.39 is 34.1 Å². The van der Waals surface area contributed by atoms with Gasteiger partial charge >= 0.3 is 11.9 Å². The predicted molar refractivity (Wildman–Crippen MR) is 74.6 cm³/mol. The van der Waals surface area contributed by atoms with Gasteiger partial charge in [0.15, 0.2) is 0 Å². The summed E-state index contributed by atoms with van der Waals surface area (Å²) in [6.07, 6.45) is 0.529. The molecule has 1 aliphatic heterocycles. The van der Waals surface area contributed by atoms with Crippen LogP contribution in [0.3, 0.4) is 0 Å². The van der Waals surface area contributed by atoms with Crippen molar-refractivity contribution < 1.29 is 27.9 Å². The van der Waals surface area contributed by atoms with Crippen LogP contribution in [0.15, 0.2) is 0 Å². The van der Waals surface area contributed by atoms with Crippen LogP contribution in [-0.4, -0.2) is 56.0 Å². The summed E-state index contributed by atoms with van der Waals surface area (Å²) < 4.78 is 32.6. The van der Waals surface area contributed by atoms with Crippen molar-refractivity contribution in [2.45, 2.75) is 32.7 Å². The molecule has 0 aliphatic carbocycles. The first-order valence-corrected chi connectivity index (χ1v) is 8.21. The Morgan fingerprint density at radius 2 is 1.81 bits per heavy atom. The fraction of sp³-hybridized carbons (Fsp3) is 0.833. The molecule has 0 radical (unpaired) electrons. The summed E-state index contributed by atoms with van der Waals surface area (Å²) in [5, 5.41) is 8.91. The van der Waals surface area contributed by atoms with E-state index in [4.69, 9.17) is 5.11 Å². The number of esters is 1. The van der Waals surface area contributed by atoms with Crippen molar-refractivity contribution in [2.75, 3.05) is 20.2 Å². The highest BCUT2D eigenvalue weighted by molar-refractivity contribution is 7.87. The Hall–Kier alpha value is -1.19. The minimum Gasteiger partial charge on any atom is -0.481 e. The van der Waals surface area contributed by atoms with E-state index in [9.17, 15) is 18.0 Å². The molecular formula is C12H22N2O6S. The Bertz CT molecular complexity index is 482. The van der Waals surface area contributed by atoms with Gasteiger partial charge in [0.25, 0.3) is 10.2 Å². The lowest BCUT2D eigenvalue weighted by Crippen LogP contribution is -2.52. The Balaban J connectivity index is 2.73. The first kappa shape index (κ1) is 17.9. The average Bonchev–Trinajstić information content (AvgIpc) is 2.43. The molecular weight excluding hydrogens is 300 g/mol. The molecule has 1 atom stereocenters. The molecule has 0 aromatic carbocycles. The number of hydrogen-bond acceptors (Lipinski definition) is 5. The summed E-state index contributed by atoms with van der Waals surface area (Å²) in [6, 6.07) is -0.961. The van der Waals surface area contributed by atoms with Crippen LogP contribution < -0.4 is 4.72 Å². The molecule has 2 N–H and O–H groups in total. The van der Waals surface area contributed by atoms with Crippen molar-refractivity contribution in [3.8, 4) is 0 Å². The highest BCUT2D eigenvalue weighted by atomic mass is 32.2. The average molecular weight is 322 g/mol. The van der Waals surface area contributed by atoms with Gasteiger partial charge in [0.1, 0.15) is 6.04 Å². The molecule has 0 aromatic heterocycles. The molecule has 21 heavy (non-hydrogen) atoms. The standard InChI is InChI=1S/C12H22N2O6S/c1-8(2)10(12(17)20-3)13-21(18,19)14-6-4-9(5-7-14)11(15)16/h8-10,13H,4-7H2,1-3H3,(H,15,16). The zero-order chi connectivity index (χ0) is 16.2. The molecule has 1 unspecified atom stereocenters. The van der Waals surface area contributed by atoms with Crippen molar-refractivity contribution >= 4 is 22.1 Å². The SMILES string of the molecule is COC(=O)C(NS(=O)(=O)N1CCC(C(=O)O)CC1)C(C)C. The number of nitrogens with one attached hydrogen (secondary N) is 1. The number of nitrogens with zero attached hydrogens (tertiary/aromatic N) is 1. The molecule has 0 amide bonds. The van der Waals surface area contributed by atoms with Gasteiger partial charge in [-0.3, -0.25) is 9.59 Å². The summed E-state index contributed by atoms with van der Waals surface area (Å²) in [4.78, 5) is 22.5. The van der Waals surface area contributed by atoms with E-state index in [1.807, 2.05) is 0 Å². The smallest absolute Gasteiger partial charge is 0.324 e. The number of ether oxygens (including phenoxy) is 1. The summed E-state index contributed by atoms with van der Waals surface area (Å²) in [7, 11) is -2.64. The lowest BCUT2D eigenvalue weighted by Gasteiger charge is -2.31. The second-order valence-corrected chi connectivity index (χ2v) is 7.08. The minimum absolute atomic E-state index is 0.123. The first-order valence-electron chi connectivity index (χ1n) is 6.77. The zero-order valence-electron chi connectivity index (χ0n) is 12.4. The lowest BCUT2D eigenvalue weighted by molar-refractivity contribution is -0.144. The number of carboxylic acids is 1. The molecule has 8 nitrogen and oxygen atoms in total. The third kappa shape index (κ3) is 4.65. The number of methoxy groups -OCH3 is 1. The van der Waals surface area contributed by atoms with E-state index in [0.717, 1.165) is 0 Å². The van der Waals surface area contributed by atoms with E-state index in [1.54, 1.807) is 13.8 Å². The van der Waals surface area contributed by atoms with Crippen LogP contribution in [0, 0.1) is 11.8 Å². The number of carbonyl (C=O) groups excluding carboxylic acids is 1. The van der Waals surface area contributed by atoms with Gasteiger partial charge < -0.3 is 9.84 Å². The summed E-state index contributed by atoms with van der Waals surface area (Å²) in [5.41, 5.74) is 0. The van der Waals surface area contributed by atoms with Gasteiger partial charge in [-0.15, -0.1) is 0 Å².